The van der Waals surface area contributed by atoms with Crippen LogP contribution >= 0.6 is 11.6 Å². The summed E-state index contributed by atoms with van der Waals surface area (Å²) in [6, 6.07) is 6.72. The van der Waals surface area contributed by atoms with E-state index in [4.69, 9.17) is 11.6 Å². The molecular weight excluding hydrogens is 290 g/mol. The van der Waals surface area contributed by atoms with Crippen molar-refractivity contribution in [2.45, 2.75) is 6.92 Å². The lowest BCUT2D eigenvalue weighted by Crippen LogP contribution is -2.06. The summed E-state index contributed by atoms with van der Waals surface area (Å²) >= 11 is 5.95. The molecule has 2 rings (SSSR count). The van der Waals surface area contributed by atoms with Crippen LogP contribution in [0.5, 0.6) is 0 Å². The van der Waals surface area contributed by atoms with Crippen LogP contribution in [0.4, 0.5) is 0 Å². The van der Waals surface area contributed by atoms with Gasteiger partial charge in [0.2, 0.25) is 0 Å². The molecule has 0 spiro atoms. The van der Waals surface area contributed by atoms with Crippen LogP contribution in [-0.2, 0) is 9.84 Å². The van der Waals surface area contributed by atoms with Gasteiger partial charge in [0.1, 0.15) is 5.75 Å². The van der Waals surface area contributed by atoms with Crippen LogP contribution in [0.2, 0.25) is 5.02 Å². The van der Waals surface area contributed by atoms with Crippen LogP contribution in [0.3, 0.4) is 0 Å². The highest BCUT2D eigenvalue weighted by molar-refractivity contribution is 7.96. The van der Waals surface area contributed by atoms with Crippen molar-refractivity contribution in [3.05, 3.63) is 61.1 Å². The third-order valence-corrected chi connectivity index (χ3v) is 4.97. The van der Waals surface area contributed by atoms with E-state index in [0.29, 0.717) is 10.6 Å². The fraction of sp³-hybridized carbons (Fsp3) is 0.167. The van der Waals surface area contributed by atoms with Crippen molar-refractivity contribution in [1.29, 1.82) is 0 Å². The molecule has 0 aromatic heterocycles. The molecule has 0 radical (unpaired) electrons. The maximum absolute atomic E-state index is 11.9. The molecule has 7 heteroatoms. The van der Waals surface area contributed by atoms with Crippen molar-refractivity contribution in [3.63, 3.8) is 0 Å². The zero-order valence-corrected chi connectivity index (χ0v) is 11.5. The number of nitro groups is 1. The SMILES string of the molecule is CC1=C([N+](=O)[O-])CS(=O)(=O)C1=Cc1ccccc1Cl. The van der Waals surface area contributed by atoms with Gasteiger partial charge >= 0.3 is 0 Å². The van der Waals surface area contributed by atoms with Gasteiger partial charge in [-0.15, -0.1) is 0 Å². The molecule has 0 aliphatic carbocycles. The number of rotatable bonds is 2. The van der Waals surface area contributed by atoms with E-state index < -0.39 is 20.5 Å². The number of benzene rings is 1. The lowest BCUT2D eigenvalue weighted by atomic mass is 10.1. The summed E-state index contributed by atoms with van der Waals surface area (Å²) in [6.45, 7) is 1.44. The summed E-state index contributed by atoms with van der Waals surface area (Å²) in [4.78, 5) is 10.1. The number of hydrogen-bond donors (Lipinski definition) is 0. The van der Waals surface area contributed by atoms with Gasteiger partial charge in [-0.05, 0) is 24.6 Å². The number of sulfone groups is 1. The van der Waals surface area contributed by atoms with E-state index in [2.05, 4.69) is 0 Å². The predicted octanol–water partition coefficient (Wildman–Crippen LogP) is 2.66. The van der Waals surface area contributed by atoms with Crippen LogP contribution in [0.1, 0.15) is 12.5 Å². The van der Waals surface area contributed by atoms with E-state index in [-0.39, 0.29) is 16.2 Å². The van der Waals surface area contributed by atoms with Gasteiger partial charge in [-0.2, -0.15) is 0 Å². The normalized spacial score (nSPS) is 20.0. The first-order valence-corrected chi connectivity index (χ1v) is 7.39. The van der Waals surface area contributed by atoms with E-state index in [1.54, 1.807) is 24.3 Å². The monoisotopic (exact) mass is 299 g/mol. The average Bonchev–Trinajstić information content (AvgIpc) is 2.55. The highest BCUT2D eigenvalue weighted by Gasteiger charge is 2.38. The van der Waals surface area contributed by atoms with Gasteiger partial charge in [0.25, 0.3) is 5.70 Å². The largest absolute Gasteiger partial charge is 0.265 e. The van der Waals surface area contributed by atoms with Crippen LogP contribution < -0.4 is 0 Å². The van der Waals surface area contributed by atoms with Crippen LogP contribution in [0.25, 0.3) is 6.08 Å². The summed E-state index contributed by atoms with van der Waals surface area (Å²) < 4.78 is 23.9. The molecule has 0 N–H and O–H groups in total. The molecule has 0 saturated heterocycles. The van der Waals surface area contributed by atoms with Crippen molar-refractivity contribution >= 4 is 27.5 Å². The lowest BCUT2D eigenvalue weighted by Gasteiger charge is -2.01. The Bertz CT molecular complexity index is 719. The second-order valence-corrected chi connectivity index (χ2v) is 6.48. The van der Waals surface area contributed by atoms with Crippen LogP contribution in [0, 0.1) is 10.1 Å². The molecule has 5 nitrogen and oxygen atoms in total. The molecule has 100 valence electrons. The molecule has 0 bridgehead atoms. The highest BCUT2D eigenvalue weighted by atomic mass is 35.5. The van der Waals surface area contributed by atoms with Crippen molar-refractivity contribution in [1.82, 2.24) is 0 Å². The number of allylic oxidation sites excluding steroid dienone is 1. The van der Waals surface area contributed by atoms with Gasteiger partial charge in [0.15, 0.2) is 9.84 Å². The second-order valence-electron chi connectivity index (χ2n) is 4.12. The highest BCUT2D eigenvalue weighted by Crippen LogP contribution is 2.33. The number of hydrogen-bond acceptors (Lipinski definition) is 4. The van der Waals surface area contributed by atoms with E-state index in [9.17, 15) is 18.5 Å². The van der Waals surface area contributed by atoms with Gasteiger partial charge in [-0.3, -0.25) is 10.1 Å². The Labute approximate surface area is 115 Å². The topological polar surface area (TPSA) is 77.3 Å². The standard InChI is InChI=1S/C12H10ClNO4S/c1-8-11(14(15)16)7-19(17,18)12(8)6-9-4-2-3-5-10(9)13/h2-6H,7H2,1H3. The van der Waals surface area contributed by atoms with Gasteiger partial charge in [0, 0.05) is 10.6 Å². The molecule has 0 atom stereocenters. The van der Waals surface area contributed by atoms with E-state index in [0.717, 1.165) is 0 Å². The molecule has 0 amide bonds. The first-order chi connectivity index (χ1) is 8.83. The fourth-order valence-electron chi connectivity index (χ4n) is 1.86. The molecule has 0 saturated carbocycles. The van der Waals surface area contributed by atoms with Gasteiger partial charge in [-0.1, -0.05) is 29.8 Å². The fourth-order valence-corrected chi connectivity index (χ4v) is 3.78. The van der Waals surface area contributed by atoms with E-state index in [1.807, 2.05) is 0 Å². The number of halogens is 1. The predicted molar refractivity (Wildman–Crippen MR) is 72.9 cm³/mol. The Morgan fingerprint density at radius 3 is 2.53 bits per heavy atom. The molecule has 1 aromatic carbocycles. The quantitative estimate of drug-likeness (QED) is 0.621. The van der Waals surface area contributed by atoms with Crippen LogP contribution in [-0.4, -0.2) is 19.1 Å². The van der Waals surface area contributed by atoms with E-state index >= 15 is 0 Å². The van der Waals surface area contributed by atoms with Gasteiger partial charge in [0.05, 0.1) is 9.83 Å². The maximum atomic E-state index is 11.9. The molecule has 1 heterocycles. The van der Waals surface area contributed by atoms with Crippen molar-refractivity contribution < 1.29 is 13.3 Å². The third-order valence-electron chi connectivity index (χ3n) is 2.88. The Morgan fingerprint density at radius 2 is 2.00 bits per heavy atom. The zero-order valence-electron chi connectivity index (χ0n) is 9.96. The summed E-state index contributed by atoms with van der Waals surface area (Å²) in [6.07, 6.45) is 1.38. The average molecular weight is 300 g/mol. The minimum atomic E-state index is -3.66. The third kappa shape index (κ3) is 2.54. The minimum Gasteiger partial charge on any atom is -0.259 e. The molecule has 1 aromatic rings. The summed E-state index contributed by atoms with van der Waals surface area (Å²) in [5.74, 6) is -0.567. The molecule has 1 aliphatic rings. The maximum Gasteiger partial charge on any atom is 0.265 e. The van der Waals surface area contributed by atoms with Crippen molar-refractivity contribution in [2.75, 3.05) is 5.75 Å². The Balaban J connectivity index is 2.61. The first kappa shape index (κ1) is 13.8. The Morgan fingerprint density at radius 1 is 1.37 bits per heavy atom. The van der Waals surface area contributed by atoms with E-state index in [1.165, 1.54) is 13.0 Å². The molecule has 1 aliphatic heterocycles. The minimum absolute atomic E-state index is 0.0349. The number of nitrogens with zero attached hydrogens (tertiary/aromatic N) is 1. The van der Waals surface area contributed by atoms with Crippen LogP contribution in [0.15, 0.2) is 40.4 Å². The van der Waals surface area contributed by atoms with Gasteiger partial charge in [-0.25, -0.2) is 8.42 Å². The Kier molecular flexibility index (Phi) is 3.47. The van der Waals surface area contributed by atoms with Crippen molar-refractivity contribution in [3.8, 4) is 0 Å². The molecule has 0 unspecified atom stereocenters. The zero-order chi connectivity index (χ0) is 14.2. The molecule has 0 fully saturated rings. The lowest BCUT2D eigenvalue weighted by molar-refractivity contribution is -0.424. The summed E-state index contributed by atoms with van der Waals surface area (Å²) in [7, 11) is -3.66. The van der Waals surface area contributed by atoms with Crippen molar-refractivity contribution in [2.24, 2.45) is 0 Å². The Hall–Kier alpha value is -1.66. The summed E-state index contributed by atoms with van der Waals surface area (Å²) in [5, 5.41) is 11.2. The first-order valence-electron chi connectivity index (χ1n) is 5.36. The summed E-state index contributed by atoms with van der Waals surface area (Å²) in [5.41, 5.74) is 0.412. The smallest absolute Gasteiger partial charge is 0.259 e. The van der Waals surface area contributed by atoms with Gasteiger partial charge < -0.3 is 0 Å². The second kappa shape index (κ2) is 4.79. The molecule has 19 heavy (non-hydrogen) atoms. The molecular formula is C12H10ClNO4S.